The molecule has 0 aliphatic rings. The lowest BCUT2D eigenvalue weighted by molar-refractivity contribution is 0.0986. The Morgan fingerprint density at radius 3 is 2.68 bits per heavy atom. The minimum Gasteiger partial charge on any atom is -0.283 e. The molecule has 0 bridgehead atoms. The first-order valence-electron chi connectivity index (χ1n) is 8.06. The highest BCUT2D eigenvalue weighted by atomic mass is 32.1. The van der Waals surface area contributed by atoms with Crippen LogP contribution in [0, 0.1) is 12.7 Å². The van der Waals surface area contributed by atoms with E-state index < -0.39 is 5.82 Å². The molecule has 1 heterocycles. The van der Waals surface area contributed by atoms with E-state index in [-0.39, 0.29) is 5.91 Å². The predicted octanol–water partition coefficient (Wildman–Crippen LogP) is 4.71. The molecule has 0 radical (unpaired) electrons. The summed E-state index contributed by atoms with van der Waals surface area (Å²) < 4.78 is 13.4. The van der Waals surface area contributed by atoms with Crippen LogP contribution in [0.25, 0.3) is 10.6 Å². The predicted molar refractivity (Wildman–Crippen MR) is 98.4 cm³/mol. The number of hydrogen-bond acceptors (Lipinski definition) is 4. The van der Waals surface area contributed by atoms with E-state index in [4.69, 9.17) is 0 Å². The number of rotatable bonds is 5. The molecule has 0 unspecified atom stereocenters. The van der Waals surface area contributed by atoms with Crippen LogP contribution in [0.15, 0.2) is 48.5 Å². The molecule has 3 aromatic rings. The molecule has 0 saturated carbocycles. The van der Waals surface area contributed by atoms with E-state index in [1.807, 2.05) is 38.1 Å². The van der Waals surface area contributed by atoms with Gasteiger partial charge in [-0.1, -0.05) is 48.1 Å². The number of carbonyl (C=O) groups is 1. The van der Waals surface area contributed by atoms with Crippen molar-refractivity contribution in [3.05, 3.63) is 65.5 Å². The number of hydrogen-bond donors (Lipinski definition) is 0. The fraction of sp³-hybridized carbons (Fsp3) is 0.211. The lowest BCUT2D eigenvalue weighted by atomic mass is 10.1. The maximum absolute atomic E-state index is 13.4. The molecule has 0 aliphatic heterocycles. The fourth-order valence-electron chi connectivity index (χ4n) is 2.50. The molecule has 128 valence electrons. The average molecular weight is 355 g/mol. The largest absolute Gasteiger partial charge is 0.283 e. The Balaban J connectivity index is 1.92. The van der Waals surface area contributed by atoms with Crippen molar-refractivity contribution in [2.45, 2.75) is 20.3 Å². The van der Waals surface area contributed by atoms with Crippen LogP contribution in [0.2, 0.25) is 0 Å². The number of aromatic nitrogens is 2. The zero-order valence-electron chi connectivity index (χ0n) is 14.1. The van der Waals surface area contributed by atoms with Gasteiger partial charge < -0.3 is 0 Å². The summed E-state index contributed by atoms with van der Waals surface area (Å²) in [5.41, 5.74) is 2.41. The summed E-state index contributed by atoms with van der Waals surface area (Å²) in [6.45, 7) is 4.49. The van der Waals surface area contributed by atoms with Gasteiger partial charge in [-0.05, 0) is 37.6 Å². The van der Waals surface area contributed by atoms with Crippen LogP contribution in [-0.2, 0) is 0 Å². The molecule has 3 rings (SSSR count). The molecule has 0 fully saturated rings. The average Bonchev–Trinajstić information content (AvgIpc) is 3.09. The monoisotopic (exact) mass is 355 g/mol. The highest BCUT2D eigenvalue weighted by Crippen LogP contribution is 2.30. The molecule has 6 heteroatoms. The summed E-state index contributed by atoms with van der Waals surface area (Å²) in [7, 11) is 0. The summed E-state index contributed by atoms with van der Waals surface area (Å²) in [5, 5.41) is 9.69. The van der Waals surface area contributed by atoms with Gasteiger partial charge in [0.2, 0.25) is 5.13 Å². The minimum atomic E-state index is -0.431. The van der Waals surface area contributed by atoms with Crippen molar-refractivity contribution < 1.29 is 9.18 Å². The van der Waals surface area contributed by atoms with Crippen molar-refractivity contribution >= 4 is 22.4 Å². The third-order valence-electron chi connectivity index (χ3n) is 3.67. The molecule has 2 aromatic carbocycles. The van der Waals surface area contributed by atoms with E-state index in [1.54, 1.807) is 11.0 Å². The van der Waals surface area contributed by atoms with Crippen LogP contribution in [0.3, 0.4) is 0 Å². The van der Waals surface area contributed by atoms with Gasteiger partial charge in [0, 0.05) is 17.7 Å². The van der Waals surface area contributed by atoms with Gasteiger partial charge in [-0.15, -0.1) is 10.2 Å². The first-order chi connectivity index (χ1) is 12.1. The topological polar surface area (TPSA) is 46.1 Å². The number of anilines is 1. The first kappa shape index (κ1) is 17.2. The van der Waals surface area contributed by atoms with Crippen molar-refractivity contribution in [3.8, 4) is 10.6 Å². The summed E-state index contributed by atoms with van der Waals surface area (Å²) in [5.74, 6) is -0.701. The Bertz CT molecular complexity index is 894. The normalized spacial score (nSPS) is 10.7. The van der Waals surface area contributed by atoms with Gasteiger partial charge in [-0.25, -0.2) is 4.39 Å². The number of aryl methyl sites for hydroxylation is 1. The Labute approximate surface area is 150 Å². The second kappa shape index (κ2) is 7.53. The number of nitrogens with zero attached hydrogens (tertiary/aromatic N) is 3. The Morgan fingerprint density at radius 1 is 1.16 bits per heavy atom. The first-order valence-corrected chi connectivity index (χ1v) is 8.88. The fourth-order valence-corrected chi connectivity index (χ4v) is 3.37. The molecule has 1 aromatic heterocycles. The van der Waals surface area contributed by atoms with E-state index in [0.29, 0.717) is 17.2 Å². The second-order valence-corrected chi connectivity index (χ2v) is 6.68. The zero-order valence-corrected chi connectivity index (χ0v) is 14.9. The molecule has 4 nitrogen and oxygen atoms in total. The van der Waals surface area contributed by atoms with E-state index >= 15 is 0 Å². The van der Waals surface area contributed by atoms with Crippen LogP contribution < -0.4 is 4.90 Å². The van der Waals surface area contributed by atoms with Crippen LogP contribution in [0.1, 0.15) is 29.3 Å². The van der Waals surface area contributed by atoms with E-state index in [2.05, 4.69) is 10.2 Å². The van der Waals surface area contributed by atoms with Crippen LogP contribution in [-0.4, -0.2) is 22.6 Å². The SMILES string of the molecule is CCCN(C(=O)c1cccc(F)c1)c1nnc(-c2cccc(C)c2)s1. The van der Waals surface area contributed by atoms with Gasteiger partial charge in [0.25, 0.3) is 5.91 Å². The van der Waals surface area contributed by atoms with Crippen molar-refractivity contribution in [2.24, 2.45) is 0 Å². The number of carbonyl (C=O) groups excluding carboxylic acids is 1. The third-order valence-corrected chi connectivity index (χ3v) is 4.67. The highest BCUT2D eigenvalue weighted by molar-refractivity contribution is 7.18. The van der Waals surface area contributed by atoms with Crippen molar-refractivity contribution in [1.29, 1.82) is 0 Å². The van der Waals surface area contributed by atoms with Crippen molar-refractivity contribution in [2.75, 3.05) is 11.4 Å². The number of halogens is 1. The third kappa shape index (κ3) is 3.91. The van der Waals surface area contributed by atoms with Gasteiger partial charge >= 0.3 is 0 Å². The van der Waals surface area contributed by atoms with Gasteiger partial charge in [-0.2, -0.15) is 0 Å². The smallest absolute Gasteiger partial charge is 0.260 e. The summed E-state index contributed by atoms with van der Waals surface area (Å²) in [6, 6.07) is 13.7. The van der Waals surface area contributed by atoms with Gasteiger partial charge in [-0.3, -0.25) is 9.69 Å². The van der Waals surface area contributed by atoms with Crippen LogP contribution >= 0.6 is 11.3 Å². The molecular formula is C19H18FN3OS. The Morgan fingerprint density at radius 2 is 1.96 bits per heavy atom. The standard InChI is InChI=1S/C19H18FN3OS/c1-3-10-23(18(24)15-8-5-9-16(20)12-15)19-22-21-17(25-19)14-7-4-6-13(2)11-14/h4-9,11-12H,3,10H2,1-2H3. The zero-order chi connectivity index (χ0) is 17.8. The molecule has 0 spiro atoms. The lowest BCUT2D eigenvalue weighted by Crippen LogP contribution is -2.31. The molecular weight excluding hydrogens is 337 g/mol. The molecule has 0 aliphatic carbocycles. The number of benzene rings is 2. The quantitative estimate of drug-likeness (QED) is 0.666. The number of amides is 1. The van der Waals surface area contributed by atoms with Gasteiger partial charge in [0.05, 0.1) is 0 Å². The second-order valence-electron chi connectivity index (χ2n) is 5.73. The van der Waals surface area contributed by atoms with Gasteiger partial charge in [0.1, 0.15) is 10.8 Å². The van der Waals surface area contributed by atoms with Crippen LogP contribution in [0.4, 0.5) is 9.52 Å². The molecule has 0 saturated heterocycles. The van der Waals surface area contributed by atoms with E-state index in [0.717, 1.165) is 22.6 Å². The van der Waals surface area contributed by atoms with E-state index in [1.165, 1.54) is 29.5 Å². The van der Waals surface area contributed by atoms with Gasteiger partial charge in [0.15, 0.2) is 0 Å². The summed E-state index contributed by atoms with van der Waals surface area (Å²) in [4.78, 5) is 14.3. The van der Waals surface area contributed by atoms with Crippen LogP contribution in [0.5, 0.6) is 0 Å². The molecule has 0 atom stereocenters. The molecule has 25 heavy (non-hydrogen) atoms. The minimum absolute atomic E-state index is 0.270. The Hall–Kier alpha value is -2.60. The van der Waals surface area contributed by atoms with Crippen molar-refractivity contribution in [1.82, 2.24) is 10.2 Å². The Kier molecular flexibility index (Phi) is 5.19. The lowest BCUT2D eigenvalue weighted by Gasteiger charge is -2.18. The highest BCUT2D eigenvalue weighted by Gasteiger charge is 2.21. The molecule has 0 N–H and O–H groups in total. The summed E-state index contributed by atoms with van der Waals surface area (Å²) >= 11 is 1.36. The summed E-state index contributed by atoms with van der Waals surface area (Å²) in [6.07, 6.45) is 0.764. The van der Waals surface area contributed by atoms with Crippen molar-refractivity contribution in [3.63, 3.8) is 0 Å². The molecule has 1 amide bonds. The van der Waals surface area contributed by atoms with E-state index in [9.17, 15) is 9.18 Å². The maximum atomic E-state index is 13.4. The maximum Gasteiger partial charge on any atom is 0.260 e.